The lowest BCUT2D eigenvalue weighted by Crippen LogP contribution is -2.34. The summed E-state index contributed by atoms with van der Waals surface area (Å²) in [6.07, 6.45) is -1.51. The second-order valence-corrected chi connectivity index (χ2v) is 4.32. The minimum atomic E-state index is -4.22. The number of rotatable bonds is 4. The molecule has 0 unspecified atom stereocenters. The van der Waals surface area contributed by atoms with Gasteiger partial charge in [-0.2, -0.15) is 18.3 Å². The van der Waals surface area contributed by atoms with Gasteiger partial charge in [0, 0.05) is 19.5 Å². The van der Waals surface area contributed by atoms with Gasteiger partial charge in [-0.3, -0.25) is 4.57 Å². The van der Waals surface area contributed by atoms with Crippen LogP contribution in [0.1, 0.15) is 18.7 Å². The molecule has 0 aromatic carbocycles. The number of aromatic nitrogens is 3. The molecule has 0 amide bonds. The van der Waals surface area contributed by atoms with E-state index in [1.807, 2.05) is 0 Å². The first-order chi connectivity index (χ1) is 8.47. The lowest BCUT2D eigenvalue weighted by atomic mass is 10.2. The minimum absolute atomic E-state index is 0.0792. The summed E-state index contributed by atoms with van der Waals surface area (Å²) in [5, 5.41) is 6.38. The van der Waals surface area contributed by atoms with Gasteiger partial charge in [-0.05, 0) is 12.8 Å². The maximum absolute atomic E-state index is 11.9. The van der Waals surface area contributed by atoms with Crippen LogP contribution in [-0.2, 0) is 19.5 Å². The van der Waals surface area contributed by atoms with Crippen molar-refractivity contribution < 1.29 is 13.2 Å². The molecule has 0 saturated carbocycles. The van der Waals surface area contributed by atoms with Crippen LogP contribution in [0.4, 0.5) is 13.2 Å². The molecule has 0 radical (unpaired) electrons. The average Bonchev–Trinajstić information content (AvgIpc) is 2.62. The Hall–Kier alpha value is -1.31. The van der Waals surface area contributed by atoms with Crippen LogP contribution < -0.4 is 11.0 Å². The smallest absolute Gasteiger partial charge is 0.307 e. The molecule has 2 heterocycles. The van der Waals surface area contributed by atoms with Gasteiger partial charge in [0.2, 0.25) is 0 Å². The Morgan fingerprint density at radius 3 is 2.78 bits per heavy atom. The molecule has 1 aromatic heterocycles. The highest BCUT2D eigenvalue weighted by molar-refractivity contribution is 4.91. The molecule has 0 saturated heterocycles. The molecule has 0 aliphatic carbocycles. The van der Waals surface area contributed by atoms with Crippen molar-refractivity contribution in [3.05, 3.63) is 16.3 Å². The molecule has 1 aromatic rings. The maximum Gasteiger partial charge on any atom is 0.401 e. The maximum atomic E-state index is 11.9. The highest BCUT2D eigenvalue weighted by Gasteiger charge is 2.26. The SMILES string of the molecule is O=c1n(CCNCC(F)(F)F)nc2n1CCCC2. The summed E-state index contributed by atoms with van der Waals surface area (Å²) in [4.78, 5) is 11.8. The lowest BCUT2D eigenvalue weighted by molar-refractivity contribution is -0.124. The average molecular weight is 264 g/mol. The number of nitrogens with zero attached hydrogens (tertiary/aromatic N) is 3. The summed E-state index contributed by atoms with van der Waals surface area (Å²) in [5.41, 5.74) is -0.224. The van der Waals surface area contributed by atoms with E-state index < -0.39 is 12.7 Å². The molecule has 1 aliphatic heterocycles. The van der Waals surface area contributed by atoms with Gasteiger partial charge in [-0.15, -0.1) is 0 Å². The standard InChI is InChI=1S/C10H15F3N4O/c11-10(12,13)7-14-4-6-17-9(18)16-5-2-1-3-8(16)15-17/h14H,1-7H2. The fourth-order valence-electron chi connectivity index (χ4n) is 2.01. The number of hydrogen-bond donors (Lipinski definition) is 1. The second kappa shape index (κ2) is 5.13. The van der Waals surface area contributed by atoms with Crippen molar-refractivity contribution in [2.45, 2.75) is 38.5 Å². The van der Waals surface area contributed by atoms with Gasteiger partial charge in [0.1, 0.15) is 5.82 Å². The zero-order valence-electron chi connectivity index (χ0n) is 9.83. The van der Waals surface area contributed by atoms with Crippen LogP contribution in [0.3, 0.4) is 0 Å². The Labute approximate surface area is 102 Å². The first kappa shape index (κ1) is 13.1. The van der Waals surface area contributed by atoms with Crippen LogP contribution in [0.15, 0.2) is 4.79 Å². The van der Waals surface area contributed by atoms with E-state index in [-0.39, 0.29) is 18.8 Å². The summed E-state index contributed by atoms with van der Waals surface area (Å²) in [5.74, 6) is 0.738. The zero-order valence-corrected chi connectivity index (χ0v) is 9.83. The summed E-state index contributed by atoms with van der Waals surface area (Å²) in [6, 6.07) is 0. The molecule has 18 heavy (non-hydrogen) atoms. The molecule has 0 atom stereocenters. The number of aryl methyl sites for hydroxylation is 1. The number of halogens is 3. The quantitative estimate of drug-likeness (QED) is 0.807. The zero-order chi connectivity index (χ0) is 13.2. The van der Waals surface area contributed by atoms with E-state index in [9.17, 15) is 18.0 Å². The van der Waals surface area contributed by atoms with Gasteiger partial charge < -0.3 is 5.32 Å². The number of alkyl halides is 3. The molecule has 2 rings (SSSR count). The van der Waals surface area contributed by atoms with Crippen molar-refractivity contribution in [1.29, 1.82) is 0 Å². The predicted molar refractivity (Wildman–Crippen MR) is 58.3 cm³/mol. The van der Waals surface area contributed by atoms with Crippen LogP contribution in [0.25, 0.3) is 0 Å². The van der Waals surface area contributed by atoms with Crippen molar-refractivity contribution >= 4 is 0 Å². The fourth-order valence-corrected chi connectivity index (χ4v) is 2.01. The van der Waals surface area contributed by atoms with Crippen molar-refractivity contribution in [2.75, 3.05) is 13.1 Å². The van der Waals surface area contributed by atoms with Crippen LogP contribution in [-0.4, -0.2) is 33.6 Å². The van der Waals surface area contributed by atoms with Crippen molar-refractivity contribution in [1.82, 2.24) is 19.7 Å². The lowest BCUT2D eigenvalue weighted by Gasteiger charge is -2.09. The van der Waals surface area contributed by atoms with E-state index in [0.29, 0.717) is 6.54 Å². The van der Waals surface area contributed by atoms with Crippen LogP contribution in [0.5, 0.6) is 0 Å². The third-order valence-electron chi connectivity index (χ3n) is 2.86. The molecule has 1 N–H and O–H groups in total. The summed E-state index contributed by atoms with van der Waals surface area (Å²) < 4.78 is 38.5. The molecule has 0 bridgehead atoms. The first-order valence-electron chi connectivity index (χ1n) is 5.91. The van der Waals surface area contributed by atoms with Gasteiger partial charge in [0.15, 0.2) is 0 Å². The van der Waals surface area contributed by atoms with E-state index in [4.69, 9.17) is 0 Å². The molecular formula is C10H15F3N4O. The Kier molecular flexibility index (Phi) is 3.74. The third-order valence-corrected chi connectivity index (χ3v) is 2.86. The third kappa shape index (κ3) is 3.12. The molecule has 8 heteroatoms. The van der Waals surface area contributed by atoms with Gasteiger partial charge in [0.05, 0.1) is 13.1 Å². The van der Waals surface area contributed by atoms with E-state index in [1.54, 1.807) is 4.57 Å². The topological polar surface area (TPSA) is 51.9 Å². The highest BCUT2D eigenvalue weighted by Crippen LogP contribution is 2.12. The van der Waals surface area contributed by atoms with Gasteiger partial charge in [0.25, 0.3) is 0 Å². The summed E-state index contributed by atoms with van der Waals surface area (Å²) in [7, 11) is 0. The molecule has 0 spiro atoms. The monoisotopic (exact) mass is 264 g/mol. The van der Waals surface area contributed by atoms with Crippen LogP contribution >= 0.6 is 0 Å². The first-order valence-corrected chi connectivity index (χ1v) is 5.91. The van der Waals surface area contributed by atoms with Crippen molar-refractivity contribution in [3.8, 4) is 0 Å². The molecule has 5 nitrogen and oxygen atoms in total. The van der Waals surface area contributed by atoms with Crippen LogP contribution in [0.2, 0.25) is 0 Å². The van der Waals surface area contributed by atoms with E-state index >= 15 is 0 Å². The molecular weight excluding hydrogens is 249 g/mol. The van der Waals surface area contributed by atoms with Gasteiger partial charge in [-0.1, -0.05) is 0 Å². The number of hydrogen-bond acceptors (Lipinski definition) is 3. The van der Waals surface area contributed by atoms with Gasteiger partial charge >= 0.3 is 11.9 Å². The fraction of sp³-hybridized carbons (Fsp3) is 0.800. The largest absolute Gasteiger partial charge is 0.401 e. The molecule has 0 fully saturated rings. The van der Waals surface area contributed by atoms with E-state index in [2.05, 4.69) is 10.4 Å². The van der Waals surface area contributed by atoms with Crippen molar-refractivity contribution in [3.63, 3.8) is 0 Å². The Morgan fingerprint density at radius 2 is 2.11 bits per heavy atom. The number of nitrogens with one attached hydrogen (secondary N) is 1. The predicted octanol–water partition coefficient (Wildman–Crippen LogP) is 0.533. The number of fused-ring (bicyclic) bond motifs is 1. The highest BCUT2D eigenvalue weighted by atomic mass is 19.4. The Bertz CT molecular complexity index is 463. The summed E-state index contributed by atoms with van der Waals surface area (Å²) >= 11 is 0. The Morgan fingerprint density at radius 1 is 1.33 bits per heavy atom. The van der Waals surface area contributed by atoms with Crippen LogP contribution in [0, 0.1) is 0 Å². The van der Waals surface area contributed by atoms with Gasteiger partial charge in [-0.25, -0.2) is 9.48 Å². The molecule has 1 aliphatic rings. The van der Waals surface area contributed by atoms with E-state index in [1.165, 1.54) is 4.68 Å². The molecule has 102 valence electrons. The van der Waals surface area contributed by atoms with Crippen molar-refractivity contribution in [2.24, 2.45) is 0 Å². The Balaban J connectivity index is 1.90. The normalized spacial score (nSPS) is 15.7. The second-order valence-electron chi connectivity index (χ2n) is 4.32. The minimum Gasteiger partial charge on any atom is -0.307 e. The summed E-state index contributed by atoms with van der Waals surface area (Å²) in [6.45, 7) is -0.149. The van der Waals surface area contributed by atoms with E-state index in [0.717, 1.165) is 25.1 Å².